The lowest BCUT2D eigenvalue weighted by molar-refractivity contribution is -0.138. The van der Waals surface area contributed by atoms with E-state index >= 15 is 0 Å². The number of nitrogens with zero attached hydrogens (tertiary/aromatic N) is 1. The number of benzene rings is 1. The molecule has 2 rings (SSSR count). The number of anilines is 1. The largest absolute Gasteiger partial charge is 0.478 e. The lowest BCUT2D eigenvalue weighted by atomic mass is 10.1. The van der Waals surface area contributed by atoms with Crippen LogP contribution in [-0.4, -0.2) is 23.7 Å². The quantitative estimate of drug-likeness (QED) is 0.902. The van der Waals surface area contributed by atoms with E-state index in [0.717, 1.165) is 25.1 Å². The zero-order valence-corrected chi connectivity index (χ0v) is 11.2. The minimum atomic E-state index is -4.66. The molecule has 1 saturated heterocycles. The minimum absolute atomic E-state index is 0.198. The molecule has 6 heteroatoms. The van der Waals surface area contributed by atoms with Crippen molar-refractivity contribution in [3.63, 3.8) is 0 Å². The number of aromatic carboxylic acids is 1. The van der Waals surface area contributed by atoms with Gasteiger partial charge in [-0.3, -0.25) is 0 Å². The van der Waals surface area contributed by atoms with E-state index in [2.05, 4.69) is 6.92 Å². The molecule has 1 aliphatic heterocycles. The van der Waals surface area contributed by atoms with Gasteiger partial charge in [0.05, 0.1) is 11.1 Å². The zero-order chi connectivity index (χ0) is 15.1. The van der Waals surface area contributed by atoms with Crippen LogP contribution in [-0.2, 0) is 6.18 Å². The van der Waals surface area contributed by atoms with Crippen LogP contribution in [0.2, 0.25) is 0 Å². The summed E-state index contributed by atoms with van der Waals surface area (Å²) in [6.07, 6.45) is -3.71. The fraction of sp³-hybridized carbons (Fsp3) is 0.500. The van der Waals surface area contributed by atoms with Gasteiger partial charge in [0.1, 0.15) is 0 Å². The second-order valence-corrected chi connectivity index (χ2v) is 5.38. The van der Waals surface area contributed by atoms with Crippen LogP contribution in [0.15, 0.2) is 18.2 Å². The average molecular weight is 287 g/mol. The highest BCUT2D eigenvalue weighted by atomic mass is 19.4. The first-order valence-corrected chi connectivity index (χ1v) is 6.41. The van der Waals surface area contributed by atoms with E-state index in [-0.39, 0.29) is 6.04 Å². The molecule has 0 bridgehead atoms. The fourth-order valence-electron chi connectivity index (χ4n) is 2.79. The molecule has 3 nitrogen and oxygen atoms in total. The van der Waals surface area contributed by atoms with Gasteiger partial charge < -0.3 is 10.0 Å². The van der Waals surface area contributed by atoms with Crippen LogP contribution in [0.3, 0.4) is 0 Å². The van der Waals surface area contributed by atoms with Gasteiger partial charge in [-0.25, -0.2) is 4.79 Å². The second kappa shape index (κ2) is 5.00. The van der Waals surface area contributed by atoms with Gasteiger partial charge in [-0.15, -0.1) is 0 Å². The summed E-state index contributed by atoms with van der Waals surface area (Å²) in [6.45, 7) is 4.78. The van der Waals surface area contributed by atoms with Gasteiger partial charge in [-0.1, -0.05) is 6.92 Å². The summed E-state index contributed by atoms with van der Waals surface area (Å²) in [7, 11) is 0. The molecule has 2 unspecified atom stereocenters. The third-order valence-electron chi connectivity index (χ3n) is 3.65. The highest BCUT2D eigenvalue weighted by molar-refractivity contribution is 5.91. The topological polar surface area (TPSA) is 40.5 Å². The molecule has 0 aliphatic carbocycles. The third kappa shape index (κ3) is 2.73. The smallest absolute Gasteiger partial charge is 0.417 e. The maximum atomic E-state index is 12.8. The maximum Gasteiger partial charge on any atom is 0.417 e. The van der Waals surface area contributed by atoms with Crippen LogP contribution < -0.4 is 4.90 Å². The van der Waals surface area contributed by atoms with Crippen molar-refractivity contribution in [3.8, 4) is 0 Å². The molecule has 1 aliphatic rings. The Morgan fingerprint density at radius 3 is 2.45 bits per heavy atom. The van der Waals surface area contributed by atoms with E-state index in [1.807, 2.05) is 11.8 Å². The zero-order valence-electron chi connectivity index (χ0n) is 11.2. The number of halogens is 3. The monoisotopic (exact) mass is 287 g/mol. The van der Waals surface area contributed by atoms with Crippen LogP contribution in [0.25, 0.3) is 0 Å². The number of carbonyl (C=O) groups is 1. The van der Waals surface area contributed by atoms with E-state index in [9.17, 15) is 18.0 Å². The van der Waals surface area contributed by atoms with Crippen molar-refractivity contribution >= 4 is 11.7 Å². The fourth-order valence-corrected chi connectivity index (χ4v) is 2.79. The Kier molecular flexibility index (Phi) is 3.67. The Labute approximate surface area is 115 Å². The Morgan fingerprint density at radius 1 is 1.35 bits per heavy atom. The first-order chi connectivity index (χ1) is 9.20. The first-order valence-electron chi connectivity index (χ1n) is 6.41. The molecule has 1 heterocycles. The van der Waals surface area contributed by atoms with Crippen LogP contribution in [0.5, 0.6) is 0 Å². The SMILES string of the molecule is CC1CC(C)N(c2ccc(C(F)(F)F)c(C(=O)O)c2)C1. The van der Waals surface area contributed by atoms with E-state index in [1.165, 1.54) is 6.07 Å². The van der Waals surface area contributed by atoms with E-state index < -0.39 is 23.3 Å². The molecule has 0 saturated carbocycles. The Morgan fingerprint density at radius 2 is 2.00 bits per heavy atom. The molecular weight excluding hydrogens is 271 g/mol. The average Bonchev–Trinajstić information content (AvgIpc) is 2.66. The molecule has 2 atom stereocenters. The molecule has 0 amide bonds. The Bertz CT molecular complexity index is 528. The summed E-state index contributed by atoms with van der Waals surface area (Å²) < 4.78 is 38.3. The van der Waals surface area contributed by atoms with Gasteiger partial charge in [0.25, 0.3) is 0 Å². The van der Waals surface area contributed by atoms with Crippen LogP contribution in [0, 0.1) is 5.92 Å². The lowest BCUT2D eigenvalue weighted by Gasteiger charge is -2.25. The summed E-state index contributed by atoms with van der Waals surface area (Å²) in [5, 5.41) is 9.00. The van der Waals surface area contributed by atoms with Crippen LogP contribution in [0.1, 0.15) is 36.2 Å². The number of rotatable bonds is 2. The normalized spacial score (nSPS) is 23.1. The molecule has 0 spiro atoms. The molecule has 20 heavy (non-hydrogen) atoms. The minimum Gasteiger partial charge on any atom is -0.478 e. The maximum absolute atomic E-state index is 12.8. The summed E-state index contributed by atoms with van der Waals surface area (Å²) in [6, 6.07) is 3.53. The molecule has 1 fully saturated rings. The summed E-state index contributed by atoms with van der Waals surface area (Å²) in [4.78, 5) is 13.0. The Balaban J connectivity index is 2.43. The first kappa shape index (κ1) is 14.7. The van der Waals surface area contributed by atoms with Crippen molar-refractivity contribution in [2.45, 2.75) is 32.5 Å². The third-order valence-corrected chi connectivity index (χ3v) is 3.65. The number of hydrogen-bond donors (Lipinski definition) is 1. The van der Waals surface area contributed by atoms with E-state index in [4.69, 9.17) is 5.11 Å². The number of hydrogen-bond acceptors (Lipinski definition) is 2. The molecule has 1 aromatic carbocycles. The van der Waals surface area contributed by atoms with E-state index in [0.29, 0.717) is 11.6 Å². The molecule has 1 N–H and O–H groups in total. The van der Waals surface area contributed by atoms with Gasteiger partial charge in [0.15, 0.2) is 0 Å². The predicted octanol–water partition coefficient (Wildman–Crippen LogP) is 3.64. The lowest BCUT2D eigenvalue weighted by Crippen LogP contribution is -2.27. The molecular formula is C14H16F3NO2. The highest BCUT2D eigenvalue weighted by Crippen LogP contribution is 2.36. The van der Waals surface area contributed by atoms with Crippen molar-refractivity contribution in [2.24, 2.45) is 5.92 Å². The van der Waals surface area contributed by atoms with E-state index in [1.54, 1.807) is 0 Å². The van der Waals surface area contributed by atoms with Crippen molar-refractivity contribution in [1.29, 1.82) is 0 Å². The number of alkyl halides is 3. The van der Waals surface area contributed by atoms with Crippen molar-refractivity contribution < 1.29 is 23.1 Å². The molecule has 0 radical (unpaired) electrons. The van der Waals surface area contributed by atoms with Gasteiger partial charge in [0.2, 0.25) is 0 Å². The van der Waals surface area contributed by atoms with Crippen molar-refractivity contribution in [1.82, 2.24) is 0 Å². The van der Waals surface area contributed by atoms with Crippen LogP contribution in [0.4, 0.5) is 18.9 Å². The molecule has 1 aromatic rings. The van der Waals surface area contributed by atoms with Crippen LogP contribution >= 0.6 is 0 Å². The van der Waals surface area contributed by atoms with Crippen molar-refractivity contribution in [3.05, 3.63) is 29.3 Å². The standard InChI is InChI=1S/C14H16F3NO2/c1-8-5-9(2)18(7-8)10-3-4-12(14(15,16)17)11(6-10)13(19)20/h3-4,6,8-9H,5,7H2,1-2H3,(H,19,20). The van der Waals surface area contributed by atoms with Gasteiger partial charge in [0, 0.05) is 18.3 Å². The molecule has 110 valence electrons. The summed E-state index contributed by atoms with van der Waals surface area (Å²) in [5.74, 6) is -1.11. The number of carboxylic acids is 1. The Hall–Kier alpha value is -1.72. The summed E-state index contributed by atoms with van der Waals surface area (Å²) in [5.41, 5.74) is -1.26. The second-order valence-electron chi connectivity index (χ2n) is 5.38. The van der Waals surface area contributed by atoms with Gasteiger partial charge >= 0.3 is 12.1 Å². The molecule has 0 aromatic heterocycles. The van der Waals surface area contributed by atoms with Crippen molar-refractivity contribution in [2.75, 3.05) is 11.4 Å². The number of carboxylic acid groups (broad SMARTS) is 1. The predicted molar refractivity (Wildman–Crippen MR) is 69.0 cm³/mol. The van der Waals surface area contributed by atoms with Gasteiger partial charge in [-0.05, 0) is 37.5 Å². The highest BCUT2D eigenvalue weighted by Gasteiger charge is 2.36. The van der Waals surface area contributed by atoms with Gasteiger partial charge in [-0.2, -0.15) is 13.2 Å². The summed E-state index contributed by atoms with van der Waals surface area (Å²) >= 11 is 0.